The monoisotopic (exact) mass is 276 g/mol. The highest BCUT2D eigenvalue weighted by molar-refractivity contribution is 5.80. The maximum atomic E-state index is 11.3. The summed E-state index contributed by atoms with van der Waals surface area (Å²) in [5.74, 6) is 0.454. The van der Waals surface area contributed by atoms with Crippen LogP contribution in [0.5, 0.6) is 11.5 Å². The molecule has 0 radical (unpaired) electrons. The van der Waals surface area contributed by atoms with Crippen molar-refractivity contribution in [1.82, 2.24) is 0 Å². The number of fused-ring (bicyclic) bond motifs is 1. The summed E-state index contributed by atoms with van der Waals surface area (Å²) in [5.41, 5.74) is 0.0690. The Morgan fingerprint density at radius 1 is 1.30 bits per heavy atom. The first-order valence-electron chi connectivity index (χ1n) is 6.54. The van der Waals surface area contributed by atoms with Crippen molar-refractivity contribution in [2.45, 2.75) is 32.2 Å². The van der Waals surface area contributed by atoms with Crippen molar-refractivity contribution in [2.75, 3.05) is 7.11 Å². The molecule has 5 heteroatoms. The summed E-state index contributed by atoms with van der Waals surface area (Å²) >= 11 is 0. The zero-order valence-electron chi connectivity index (χ0n) is 11.6. The number of ether oxygens (including phenoxy) is 3. The standard InChI is InChI=1S/C15H16O5/c1-4-13-15(2,20-13)19-12-8-10-9(7-11(12)17-3)5-6-14(16)18-10/h5-8,13H,4H2,1-3H3. The molecule has 106 valence electrons. The van der Waals surface area contributed by atoms with Gasteiger partial charge in [-0.1, -0.05) is 6.92 Å². The van der Waals surface area contributed by atoms with E-state index in [1.165, 1.54) is 6.07 Å². The van der Waals surface area contributed by atoms with E-state index in [4.69, 9.17) is 18.6 Å². The van der Waals surface area contributed by atoms with Crippen LogP contribution in [0.2, 0.25) is 0 Å². The minimum Gasteiger partial charge on any atom is -0.493 e. The molecule has 1 aliphatic heterocycles. The Bertz CT molecular complexity index is 705. The average Bonchev–Trinajstić information content (AvgIpc) is 3.08. The average molecular weight is 276 g/mol. The molecule has 1 aliphatic rings. The molecule has 2 atom stereocenters. The molecule has 1 aromatic carbocycles. The molecule has 0 bridgehead atoms. The molecule has 2 aromatic rings. The SMILES string of the molecule is CCC1OC1(C)Oc1cc2oc(=O)ccc2cc1OC. The third kappa shape index (κ3) is 2.14. The van der Waals surface area contributed by atoms with Gasteiger partial charge in [0.2, 0.25) is 5.79 Å². The number of hydrogen-bond acceptors (Lipinski definition) is 5. The van der Waals surface area contributed by atoms with Crippen molar-refractivity contribution < 1.29 is 18.6 Å². The molecule has 1 saturated heterocycles. The van der Waals surface area contributed by atoms with Gasteiger partial charge in [0.1, 0.15) is 11.7 Å². The predicted molar refractivity (Wildman–Crippen MR) is 73.2 cm³/mol. The van der Waals surface area contributed by atoms with E-state index >= 15 is 0 Å². The lowest BCUT2D eigenvalue weighted by Gasteiger charge is -2.14. The number of methoxy groups -OCH3 is 1. The van der Waals surface area contributed by atoms with Gasteiger partial charge in [-0.25, -0.2) is 4.79 Å². The fourth-order valence-electron chi connectivity index (χ4n) is 2.33. The van der Waals surface area contributed by atoms with Gasteiger partial charge in [-0.2, -0.15) is 0 Å². The third-order valence-electron chi connectivity index (χ3n) is 3.49. The number of epoxide rings is 1. The first kappa shape index (κ1) is 13.0. The van der Waals surface area contributed by atoms with E-state index in [-0.39, 0.29) is 6.10 Å². The van der Waals surface area contributed by atoms with Gasteiger partial charge in [0.05, 0.1) is 7.11 Å². The van der Waals surface area contributed by atoms with E-state index in [0.29, 0.717) is 17.1 Å². The van der Waals surface area contributed by atoms with Gasteiger partial charge in [-0.05, 0) is 18.6 Å². The molecule has 2 heterocycles. The minimum absolute atomic E-state index is 0.0747. The van der Waals surface area contributed by atoms with E-state index in [9.17, 15) is 4.79 Å². The van der Waals surface area contributed by atoms with Crippen LogP contribution in [0.4, 0.5) is 0 Å². The van der Waals surface area contributed by atoms with E-state index in [2.05, 4.69) is 0 Å². The molecule has 1 fully saturated rings. The van der Waals surface area contributed by atoms with Gasteiger partial charge in [0, 0.05) is 24.4 Å². The summed E-state index contributed by atoms with van der Waals surface area (Å²) in [7, 11) is 1.57. The van der Waals surface area contributed by atoms with Crippen molar-refractivity contribution in [3.8, 4) is 11.5 Å². The van der Waals surface area contributed by atoms with Crippen molar-refractivity contribution in [3.05, 3.63) is 34.7 Å². The highest BCUT2D eigenvalue weighted by Gasteiger charge is 2.54. The molecule has 3 rings (SSSR count). The van der Waals surface area contributed by atoms with Crippen LogP contribution in [0.1, 0.15) is 20.3 Å². The predicted octanol–water partition coefficient (Wildman–Crippen LogP) is 2.71. The molecule has 1 aromatic heterocycles. The lowest BCUT2D eigenvalue weighted by molar-refractivity contribution is 0.0771. The number of benzene rings is 1. The van der Waals surface area contributed by atoms with E-state index < -0.39 is 11.4 Å². The van der Waals surface area contributed by atoms with Crippen LogP contribution < -0.4 is 15.1 Å². The largest absolute Gasteiger partial charge is 0.493 e. The van der Waals surface area contributed by atoms with Crippen molar-refractivity contribution in [2.24, 2.45) is 0 Å². The van der Waals surface area contributed by atoms with Crippen LogP contribution in [-0.4, -0.2) is 19.0 Å². The van der Waals surface area contributed by atoms with Crippen molar-refractivity contribution >= 4 is 11.0 Å². The first-order valence-corrected chi connectivity index (χ1v) is 6.54. The second kappa shape index (κ2) is 4.52. The fourth-order valence-corrected chi connectivity index (χ4v) is 2.33. The summed E-state index contributed by atoms with van der Waals surface area (Å²) in [6.07, 6.45) is 0.951. The molecule has 2 unspecified atom stereocenters. The number of rotatable bonds is 4. The summed E-state index contributed by atoms with van der Waals surface area (Å²) < 4.78 is 21.9. The van der Waals surface area contributed by atoms with Crippen LogP contribution in [0, 0.1) is 0 Å². The second-order valence-electron chi connectivity index (χ2n) is 4.93. The molecule has 0 N–H and O–H groups in total. The highest BCUT2D eigenvalue weighted by Crippen LogP contribution is 2.43. The van der Waals surface area contributed by atoms with Crippen LogP contribution >= 0.6 is 0 Å². The molecule has 0 spiro atoms. The van der Waals surface area contributed by atoms with Crippen LogP contribution in [0.25, 0.3) is 11.0 Å². The van der Waals surface area contributed by atoms with Gasteiger partial charge in [-0.15, -0.1) is 0 Å². The Morgan fingerprint density at radius 2 is 2.10 bits per heavy atom. The van der Waals surface area contributed by atoms with E-state index in [1.54, 1.807) is 25.3 Å². The number of hydrogen-bond donors (Lipinski definition) is 0. The van der Waals surface area contributed by atoms with Gasteiger partial charge in [-0.3, -0.25) is 0 Å². The lowest BCUT2D eigenvalue weighted by Crippen LogP contribution is -2.19. The molecular formula is C15H16O5. The Hall–Kier alpha value is -2.01. The van der Waals surface area contributed by atoms with Gasteiger partial charge in [0.25, 0.3) is 0 Å². The van der Waals surface area contributed by atoms with Crippen LogP contribution in [0.15, 0.2) is 33.5 Å². The normalized spacial score (nSPS) is 24.6. The Labute approximate surface area is 116 Å². The zero-order valence-corrected chi connectivity index (χ0v) is 11.6. The third-order valence-corrected chi connectivity index (χ3v) is 3.49. The second-order valence-corrected chi connectivity index (χ2v) is 4.93. The topological polar surface area (TPSA) is 61.2 Å². The Kier molecular flexibility index (Phi) is 2.94. The zero-order chi connectivity index (χ0) is 14.3. The van der Waals surface area contributed by atoms with Gasteiger partial charge < -0.3 is 18.6 Å². The van der Waals surface area contributed by atoms with E-state index in [1.807, 2.05) is 13.8 Å². The lowest BCUT2D eigenvalue weighted by atomic mass is 10.2. The highest BCUT2D eigenvalue weighted by atomic mass is 16.8. The molecule has 5 nitrogen and oxygen atoms in total. The molecular weight excluding hydrogens is 260 g/mol. The first-order chi connectivity index (χ1) is 9.55. The minimum atomic E-state index is -0.634. The summed E-state index contributed by atoms with van der Waals surface area (Å²) in [6, 6.07) is 6.51. The summed E-state index contributed by atoms with van der Waals surface area (Å²) in [6.45, 7) is 3.92. The van der Waals surface area contributed by atoms with Crippen LogP contribution in [0.3, 0.4) is 0 Å². The van der Waals surface area contributed by atoms with Gasteiger partial charge in [0.15, 0.2) is 11.5 Å². The van der Waals surface area contributed by atoms with Gasteiger partial charge >= 0.3 is 5.63 Å². The maximum absolute atomic E-state index is 11.3. The van der Waals surface area contributed by atoms with Crippen molar-refractivity contribution in [3.63, 3.8) is 0 Å². The molecule has 0 saturated carbocycles. The maximum Gasteiger partial charge on any atom is 0.336 e. The van der Waals surface area contributed by atoms with Crippen LogP contribution in [-0.2, 0) is 4.74 Å². The molecule has 0 amide bonds. The molecule has 0 aliphatic carbocycles. The van der Waals surface area contributed by atoms with Crippen molar-refractivity contribution in [1.29, 1.82) is 0 Å². The molecule has 20 heavy (non-hydrogen) atoms. The smallest absolute Gasteiger partial charge is 0.336 e. The van der Waals surface area contributed by atoms with E-state index in [0.717, 1.165) is 11.8 Å². The Morgan fingerprint density at radius 3 is 2.75 bits per heavy atom. The fraction of sp³-hybridized carbons (Fsp3) is 0.400. The quantitative estimate of drug-likeness (QED) is 0.634. The summed E-state index contributed by atoms with van der Waals surface area (Å²) in [5, 5.41) is 0.780. The summed E-state index contributed by atoms with van der Waals surface area (Å²) in [4.78, 5) is 11.3. The Balaban J connectivity index is 2.02.